The van der Waals surface area contributed by atoms with Crippen LogP contribution in [0.1, 0.15) is 16.7 Å². The number of benzene rings is 2. The van der Waals surface area contributed by atoms with E-state index in [1.54, 1.807) is 10.4 Å². The average Bonchev–Trinajstić information content (AvgIpc) is 2.60. The van der Waals surface area contributed by atoms with Crippen molar-refractivity contribution < 1.29 is 8.42 Å². The van der Waals surface area contributed by atoms with Crippen molar-refractivity contribution in [3.05, 3.63) is 56.5 Å². The maximum atomic E-state index is 13.1. The van der Waals surface area contributed by atoms with Crippen molar-refractivity contribution in [3.8, 4) is 0 Å². The first-order chi connectivity index (χ1) is 12.2. The van der Waals surface area contributed by atoms with E-state index in [9.17, 15) is 8.42 Å². The maximum Gasteiger partial charge on any atom is 0.243 e. The Bertz CT molecular complexity index is 939. The Morgan fingerprint density at radius 1 is 0.923 bits per heavy atom. The lowest BCUT2D eigenvalue weighted by Gasteiger charge is -2.35. The van der Waals surface area contributed by atoms with E-state index in [-0.39, 0.29) is 0 Å². The van der Waals surface area contributed by atoms with Crippen LogP contribution >= 0.6 is 27.5 Å². The van der Waals surface area contributed by atoms with Gasteiger partial charge in [-0.15, -0.1) is 0 Å². The van der Waals surface area contributed by atoms with Gasteiger partial charge in [-0.25, -0.2) is 8.42 Å². The number of hydrogen-bond acceptors (Lipinski definition) is 3. The number of halogens is 2. The molecular weight excluding hydrogens is 436 g/mol. The van der Waals surface area contributed by atoms with Gasteiger partial charge in [0.15, 0.2) is 0 Å². The monoisotopic (exact) mass is 456 g/mol. The summed E-state index contributed by atoms with van der Waals surface area (Å²) >= 11 is 9.67. The fourth-order valence-electron chi connectivity index (χ4n) is 3.19. The minimum atomic E-state index is -3.50. The predicted molar refractivity (Wildman–Crippen MR) is 111 cm³/mol. The molecule has 0 bridgehead atoms. The number of hydrogen-bond donors (Lipinski definition) is 0. The Hall–Kier alpha value is -1.08. The third kappa shape index (κ3) is 3.79. The van der Waals surface area contributed by atoms with E-state index in [2.05, 4.69) is 20.8 Å². The van der Waals surface area contributed by atoms with Crippen molar-refractivity contribution in [2.45, 2.75) is 25.7 Å². The largest absolute Gasteiger partial charge is 0.369 e. The minimum Gasteiger partial charge on any atom is -0.369 e. The number of piperazine rings is 1. The van der Waals surface area contributed by atoms with Crippen LogP contribution in [0.2, 0.25) is 5.02 Å². The zero-order chi connectivity index (χ0) is 19.1. The molecule has 0 amide bonds. The molecule has 0 atom stereocenters. The molecule has 3 rings (SSSR count). The molecule has 0 radical (unpaired) electrons. The summed E-state index contributed by atoms with van der Waals surface area (Å²) in [6.45, 7) is 7.97. The fourth-order valence-corrected chi connectivity index (χ4v) is 5.51. The molecule has 1 fully saturated rings. The highest BCUT2D eigenvalue weighted by atomic mass is 79.9. The van der Waals surface area contributed by atoms with Gasteiger partial charge in [0.25, 0.3) is 0 Å². The van der Waals surface area contributed by atoms with E-state index in [1.165, 1.54) is 0 Å². The van der Waals surface area contributed by atoms with Crippen LogP contribution in [-0.4, -0.2) is 38.9 Å². The lowest BCUT2D eigenvalue weighted by molar-refractivity contribution is 0.384. The van der Waals surface area contributed by atoms with E-state index in [0.717, 1.165) is 31.9 Å². The molecule has 0 N–H and O–H groups in total. The molecule has 0 spiro atoms. The van der Waals surface area contributed by atoms with Gasteiger partial charge in [0, 0.05) is 41.4 Å². The van der Waals surface area contributed by atoms with Crippen molar-refractivity contribution in [1.29, 1.82) is 0 Å². The van der Waals surface area contributed by atoms with Crippen LogP contribution in [0.5, 0.6) is 0 Å². The Balaban J connectivity index is 1.78. The molecule has 0 aliphatic carbocycles. The van der Waals surface area contributed by atoms with Crippen LogP contribution in [0.15, 0.2) is 39.7 Å². The number of nitrogens with zero attached hydrogens (tertiary/aromatic N) is 2. The second-order valence-electron chi connectivity index (χ2n) is 6.69. The maximum absolute atomic E-state index is 13.1. The average molecular weight is 458 g/mol. The first kappa shape index (κ1) is 19.7. The molecule has 0 unspecified atom stereocenters. The predicted octanol–water partition coefficient (Wildman–Crippen LogP) is 4.54. The molecule has 26 heavy (non-hydrogen) atoms. The van der Waals surface area contributed by atoms with Gasteiger partial charge in [-0.1, -0.05) is 39.7 Å². The Labute approximate surface area is 168 Å². The van der Waals surface area contributed by atoms with Gasteiger partial charge in [-0.3, -0.25) is 0 Å². The van der Waals surface area contributed by atoms with E-state index < -0.39 is 10.0 Å². The van der Waals surface area contributed by atoms with E-state index in [0.29, 0.717) is 31.1 Å². The number of rotatable bonds is 3. The third-order valence-corrected chi connectivity index (χ3v) is 8.14. The number of anilines is 1. The van der Waals surface area contributed by atoms with Gasteiger partial charge in [0.05, 0.1) is 4.90 Å². The summed E-state index contributed by atoms with van der Waals surface area (Å²) in [7, 11) is -3.50. The third-order valence-electron chi connectivity index (χ3n) is 4.83. The molecule has 0 aromatic heterocycles. The van der Waals surface area contributed by atoms with Crippen LogP contribution in [0.3, 0.4) is 0 Å². The summed E-state index contributed by atoms with van der Waals surface area (Å²) in [6.07, 6.45) is 0. The van der Waals surface area contributed by atoms with Gasteiger partial charge >= 0.3 is 0 Å². The second kappa shape index (κ2) is 7.50. The molecule has 1 heterocycles. The van der Waals surface area contributed by atoms with Crippen molar-refractivity contribution in [1.82, 2.24) is 4.31 Å². The Kier molecular flexibility index (Phi) is 5.68. The summed E-state index contributed by atoms with van der Waals surface area (Å²) in [5.41, 5.74) is 3.88. The minimum absolute atomic E-state index is 0.377. The number of aryl methyl sites for hydroxylation is 3. The Morgan fingerprint density at radius 3 is 2.19 bits per heavy atom. The lowest BCUT2D eigenvalue weighted by Crippen LogP contribution is -2.48. The van der Waals surface area contributed by atoms with Crippen LogP contribution in [0.25, 0.3) is 0 Å². The lowest BCUT2D eigenvalue weighted by atomic mass is 10.2. The smallest absolute Gasteiger partial charge is 0.243 e. The van der Waals surface area contributed by atoms with Crippen LogP contribution in [-0.2, 0) is 10.0 Å². The first-order valence-corrected chi connectivity index (χ1v) is 11.1. The fraction of sp³-hybridized carbons (Fsp3) is 0.368. The summed E-state index contributed by atoms with van der Waals surface area (Å²) < 4.78 is 28.5. The summed E-state index contributed by atoms with van der Waals surface area (Å²) in [4.78, 5) is 2.55. The molecular formula is C19H22BrClN2O2S. The highest BCUT2D eigenvalue weighted by Gasteiger charge is 2.30. The second-order valence-corrected chi connectivity index (χ2v) is 9.86. The van der Waals surface area contributed by atoms with Gasteiger partial charge in [0.1, 0.15) is 0 Å². The standard InChI is InChI=1S/C19H22BrClN2O2S/c1-13-4-5-16(11-18(13)21)22-6-8-23(9-7-22)26(24,25)19-12-17(20)14(2)10-15(19)3/h4-5,10-12H,6-9H2,1-3H3. The number of sulfonamides is 1. The molecule has 2 aromatic carbocycles. The molecule has 2 aromatic rings. The zero-order valence-corrected chi connectivity index (χ0v) is 18.2. The normalized spacial score (nSPS) is 16.1. The van der Waals surface area contributed by atoms with Crippen LogP contribution in [0.4, 0.5) is 5.69 Å². The topological polar surface area (TPSA) is 40.6 Å². The first-order valence-electron chi connectivity index (χ1n) is 8.48. The summed E-state index contributed by atoms with van der Waals surface area (Å²) in [5, 5.41) is 0.734. The van der Waals surface area contributed by atoms with Crippen LogP contribution < -0.4 is 4.90 Å². The van der Waals surface area contributed by atoms with Gasteiger partial charge < -0.3 is 4.90 Å². The summed E-state index contributed by atoms with van der Waals surface area (Å²) in [6, 6.07) is 9.59. The molecule has 1 aliphatic heterocycles. The van der Waals surface area contributed by atoms with Gasteiger partial charge in [-0.05, 0) is 55.7 Å². The zero-order valence-electron chi connectivity index (χ0n) is 15.1. The molecule has 1 aliphatic rings. The van der Waals surface area contributed by atoms with Crippen LogP contribution in [0, 0.1) is 20.8 Å². The molecule has 7 heteroatoms. The van der Waals surface area contributed by atoms with Crippen molar-refractivity contribution in [2.24, 2.45) is 0 Å². The highest BCUT2D eigenvalue weighted by molar-refractivity contribution is 9.10. The molecule has 140 valence electrons. The molecule has 0 saturated carbocycles. The van der Waals surface area contributed by atoms with Gasteiger partial charge in [0.2, 0.25) is 10.0 Å². The Morgan fingerprint density at radius 2 is 1.58 bits per heavy atom. The summed E-state index contributed by atoms with van der Waals surface area (Å²) in [5.74, 6) is 0. The van der Waals surface area contributed by atoms with Crippen molar-refractivity contribution in [2.75, 3.05) is 31.1 Å². The quantitative estimate of drug-likeness (QED) is 0.679. The SMILES string of the molecule is Cc1ccc(N2CCN(S(=O)(=O)c3cc(Br)c(C)cc3C)CC2)cc1Cl. The van der Waals surface area contributed by atoms with Gasteiger partial charge in [-0.2, -0.15) is 4.31 Å². The van der Waals surface area contributed by atoms with E-state index >= 15 is 0 Å². The molecule has 1 saturated heterocycles. The van der Waals surface area contributed by atoms with E-state index in [1.807, 2.05) is 45.0 Å². The molecule has 4 nitrogen and oxygen atoms in total. The van der Waals surface area contributed by atoms with Crippen molar-refractivity contribution >= 4 is 43.2 Å². The van der Waals surface area contributed by atoms with Crippen molar-refractivity contribution in [3.63, 3.8) is 0 Å². The van der Waals surface area contributed by atoms with E-state index in [4.69, 9.17) is 11.6 Å². The highest BCUT2D eigenvalue weighted by Crippen LogP contribution is 2.29.